The van der Waals surface area contributed by atoms with Gasteiger partial charge < -0.3 is 18.9 Å². The highest BCUT2D eigenvalue weighted by Gasteiger charge is 2.40. The molecule has 0 aliphatic heterocycles. The van der Waals surface area contributed by atoms with Gasteiger partial charge in [-0.15, -0.1) is 0 Å². The monoisotopic (exact) mass is 562 g/mol. The zero-order chi connectivity index (χ0) is 27.5. The van der Waals surface area contributed by atoms with Gasteiger partial charge in [0.15, 0.2) is 0 Å². The van der Waals surface area contributed by atoms with E-state index in [4.69, 9.17) is 27.3 Å². The van der Waals surface area contributed by atoms with Gasteiger partial charge in [0.1, 0.15) is 24.4 Å². The molecule has 0 unspecified atom stereocenters. The lowest BCUT2D eigenvalue weighted by atomic mass is 10.0. The maximum Gasteiger partial charge on any atom is 0.264 e. The lowest BCUT2D eigenvalue weighted by Crippen LogP contribution is -2.53. The van der Waals surface area contributed by atoms with E-state index in [1.54, 1.807) is 0 Å². The van der Waals surface area contributed by atoms with Crippen molar-refractivity contribution < 1.29 is 44.1 Å². The molecule has 0 spiro atoms. The van der Waals surface area contributed by atoms with Crippen molar-refractivity contribution >= 4 is 20.2 Å². The fraction of sp³-hybridized carbons (Fsp3) is 1.00. The Morgan fingerprint density at radius 2 is 1.00 bits per heavy atom. The molecular weight excluding hydrogens is 512 g/mol. The summed E-state index contributed by atoms with van der Waals surface area (Å²) in [5, 5.41) is 0. The van der Waals surface area contributed by atoms with Gasteiger partial charge in [0.25, 0.3) is 20.2 Å². The minimum atomic E-state index is -3.87. The fourth-order valence-electron chi connectivity index (χ4n) is 3.21. The molecule has 0 saturated heterocycles. The highest BCUT2D eigenvalue weighted by atomic mass is 32.2. The normalized spacial score (nSPS) is 16.1. The van der Waals surface area contributed by atoms with Crippen LogP contribution in [0.3, 0.4) is 0 Å². The van der Waals surface area contributed by atoms with Crippen LogP contribution in [0.4, 0.5) is 0 Å². The molecule has 36 heavy (non-hydrogen) atoms. The molecule has 0 aromatic carbocycles. The molecule has 0 aliphatic carbocycles. The van der Waals surface area contributed by atoms with E-state index in [0.29, 0.717) is 26.4 Å². The molecule has 0 aromatic rings. The van der Waals surface area contributed by atoms with Crippen molar-refractivity contribution in [2.24, 2.45) is 0 Å². The summed E-state index contributed by atoms with van der Waals surface area (Å²) in [5.74, 6) is 0. The average molecular weight is 563 g/mol. The second-order valence-corrected chi connectivity index (χ2v) is 12.1. The molecule has 218 valence electrons. The van der Waals surface area contributed by atoms with E-state index < -0.39 is 44.7 Å². The first-order chi connectivity index (χ1) is 17.0. The molecule has 0 rings (SSSR count). The quantitative estimate of drug-likeness (QED) is 0.120. The van der Waals surface area contributed by atoms with Crippen molar-refractivity contribution in [2.45, 2.75) is 103 Å². The predicted octanol–water partition coefficient (Wildman–Crippen LogP) is 3.68. The van der Waals surface area contributed by atoms with Crippen molar-refractivity contribution in [3.05, 3.63) is 0 Å². The fourth-order valence-corrected chi connectivity index (χ4v) is 4.21. The molecule has 0 saturated carbocycles. The third kappa shape index (κ3) is 18.8. The second kappa shape index (κ2) is 20.6. The molecule has 0 amide bonds. The van der Waals surface area contributed by atoms with Crippen LogP contribution in [-0.2, 0) is 47.5 Å². The van der Waals surface area contributed by atoms with E-state index in [2.05, 4.69) is 0 Å². The molecule has 0 radical (unpaired) electrons. The topological polar surface area (TPSA) is 124 Å². The highest BCUT2D eigenvalue weighted by Crippen LogP contribution is 2.22. The summed E-state index contributed by atoms with van der Waals surface area (Å²) in [5.41, 5.74) is 0. The summed E-state index contributed by atoms with van der Waals surface area (Å²) < 4.78 is 82.6. The maximum absolute atomic E-state index is 12.2. The van der Waals surface area contributed by atoms with Crippen LogP contribution < -0.4 is 0 Å². The largest absolute Gasteiger partial charge is 0.379 e. The molecule has 0 N–H and O–H groups in total. The van der Waals surface area contributed by atoms with Crippen LogP contribution in [-0.4, -0.2) is 93.4 Å². The van der Waals surface area contributed by atoms with Crippen LogP contribution in [0.1, 0.15) is 79.1 Å². The SMILES string of the molecule is CCCCOC[C@@H](OS(C)(=O)=O)[C@@H](OCCCC)[C@H](OCCCC)[C@H](COS(C)(=O)=O)OCCCC. The molecule has 0 fully saturated rings. The number of unbranched alkanes of at least 4 members (excludes halogenated alkanes) is 4. The highest BCUT2D eigenvalue weighted by molar-refractivity contribution is 7.86. The zero-order valence-electron chi connectivity index (χ0n) is 23.1. The van der Waals surface area contributed by atoms with E-state index in [0.717, 1.165) is 63.9 Å². The standard InChI is InChI=1S/C24H50O10S2/c1-7-11-15-29-19-22(34-36(6,27)28)24(32-18-14-10-4)23(31-17-13-9-3)21(30-16-12-8-2)20-33-35(5,25)26/h21-24H,7-20H2,1-6H3/t21-,22+,23+,24+/m0/s1. The Labute approximate surface area is 219 Å². The molecule has 0 aromatic heterocycles. The van der Waals surface area contributed by atoms with Crippen LogP contribution in [0.2, 0.25) is 0 Å². The van der Waals surface area contributed by atoms with E-state index in [-0.39, 0.29) is 13.2 Å². The van der Waals surface area contributed by atoms with Gasteiger partial charge in [0, 0.05) is 26.4 Å². The van der Waals surface area contributed by atoms with Crippen molar-refractivity contribution in [1.82, 2.24) is 0 Å². The van der Waals surface area contributed by atoms with E-state index in [9.17, 15) is 16.8 Å². The van der Waals surface area contributed by atoms with Gasteiger partial charge in [-0.3, -0.25) is 8.37 Å². The minimum Gasteiger partial charge on any atom is -0.379 e. The van der Waals surface area contributed by atoms with E-state index in [1.807, 2.05) is 27.7 Å². The molecular formula is C24H50O10S2. The van der Waals surface area contributed by atoms with Crippen LogP contribution >= 0.6 is 0 Å². The Balaban J connectivity index is 6.23. The summed E-state index contributed by atoms with van der Waals surface area (Å²) >= 11 is 0. The van der Waals surface area contributed by atoms with Crippen LogP contribution in [0, 0.1) is 0 Å². The molecule has 10 nitrogen and oxygen atoms in total. The first-order valence-electron chi connectivity index (χ1n) is 13.1. The maximum atomic E-state index is 12.2. The smallest absolute Gasteiger partial charge is 0.264 e. The van der Waals surface area contributed by atoms with Crippen LogP contribution in [0.5, 0.6) is 0 Å². The Morgan fingerprint density at radius 1 is 0.556 bits per heavy atom. The van der Waals surface area contributed by atoms with Crippen LogP contribution in [0.25, 0.3) is 0 Å². The van der Waals surface area contributed by atoms with Gasteiger partial charge in [-0.25, -0.2) is 0 Å². The molecule has 4 atom stereocenters. The van der Waals surface area contributed by atoms with Gasteiger partial charge in [0.05, 0.1) is 25.7 Å². The van der Waals surface area contributed by atoms with Crippen molar-refractivity contribution in [3.8, 4) is 0 Å². The summed E-state index contributed by atoms with van der Waals surface area (Å²) in [6.45, 7) is 9.23. The number of hydrogen-bond donors (Lipinski definition) is 0. The average Bonchev–Trinajstić information content (AvgIpc) is 2.78. The van der Waals surface area contributed by atoms with E-state index in [1.165, 1.54) is 0 Å². The van der Waals surface area contributed by atoms with Gasteiger partial charge in [-0.1, -0.05) is 53.4 Å². The lowest BCUT2D eigenvalue weighted by molar-refractivity contribution is -0.177. The number of rotatable bonds is 25. The third-order valence-corrected chi connectivity index (χ3v) is 6.33. The molecule has 12 heteroatoms. The molecule has 0 heterocycles. The van der Waals surface area contributed by atoms with Gasteiger partial charge in [-0.05, 0) is 25.7 Å². The summed E-state index contributed by atoms with van der Waals surface area (Å²) in [6, 6.07) is 0. The number of hydrogen-bond acceptors (Lipinski definition) is 10. The Bertz CT molecular complexity index is 727. The van der Waals surface area contributed by atoms with Gasteiger partial charge >= 0.3 is 0 Å². The Morgan fingerprint density at radius 3 is 1.44 bits per heavy atom. The first kappa shape index (κ1) is 35.7. The van der Waals surface area contributed by atoms with E-state index >= 15 is 0 Å². The van der Waals surface area contributed by atoms with Crippen LogP contribution in [0.15, 0.2) is 0 Å². The second-order valence-electron chi connectivity index (χ2n) is 8.90. The Kier molecular flexibility index (Phi) is 20.4. The zero-order valence-corrected chi connectivity index (χ0v) is 24.7. The molecule has 0 aliphatic rings. The lowest BCUT2D eigenvalue weighted by Gasteiger charge is -2.37. The van der Waals surface area contributed by atoms with Gasteiger partial charge in [-0.2, -0.15) is 16.8 Å². The third-order valence-electron chi connectivity index (χ3n) is 5.17. The van der Waals surface area contributed by atoms with Crippen molar-refractivity contribution in [3.63, 3.8) is 0 Å². The number of ether oxygens (including phenoxy) is 4. The Hall–Kier alpha value is -0.340. The minimum absolute atomic E-state index is 0.0356. The van der Waals surface area contributed by atoms with Gasteiger partial charge in [0.2, 0.25) is 0 Å². The summed E-state index contributed by atoms with van der Waals surface area (Å²) in [7, 11) is -7.62. The first-order valence-corrected chi connectivity index (χ1v) is 16.8. The predicted molar refractivity (Wildman–Crippen MR) is 140 cm³/mol. The molecule has 0 bridgehead atoms. The summed E-state index contributed by atoms with van der Waals surface area (Å²) in [6.07, 6.45) is 4.93. The van der Waals surface area contributed by atoms with Crippen molar-refractivity contribution in [1.29, 1.82) is 0 Å². The summed E-state index contributed by atoms with van der Waals surface area (Å²) in [4.78, 5) is 0. The van der Waals surface area contributed by atoms with Crippen molar-refractivity contribution in [2.75, 3.05) is 52.2 Å².